The Morgan fingerprint density at radius 3 is 2.21 bits per heavy atom. The summed E-state index contributed by atoms with van der Waals surface area (Å²) in [6.07, 6.45) is -0.156. The molecule has 1 aliphatic rings. The van der Waals surface area contributed by atoms with Crippen LogP contribution >= 0.6 is 0 Å². The van der Waals surface area contributed by atoms with Crippen molar-refractivity contribution in [3.05, 3.63) is 42.0 Å². The standard InChI is InChI=1S/C22H29NO6/c1-25-16-6-5-15(21(11-16)27-3)13-23-10-9-19(18(24)14-23)29-17-7-8-20(26-2)22(12-17)28-4/h5-8,11-12,18-19,24H,9-10,13-14H2,1-4H3/t18-,19-/m1/s1. The van der Waals surface area contributed by atoms with Crippen LogP contribution in [0.15, 0.2) is 36.4 Å². The van der Waals surface area contributed by atoms with Crippen molar-refractivity contribution in [3.8, 4) is 28.7 Å². The number of aliphatic hydroxyl groups is 1. The van der Waals surface area contributed by atoms with Crippen molar-refractivity contribution in [2.24, 2.45) is 0 Å². The quantitative estimate of drug-likeness (QED) is 0.727. The number of rotatable bonds is 8. The fourth-order valence-electron chi connectivity index (χ4n) is 3.54. The lowest BCUT2D eigenvalue weighted by molar-refractivity contribution is -0.0277. The highest BCUT2D eigenvalue weighted by Gasteiger charge is 2.30. The van der Waals surface area contributed by atoms with Gasteiger partial charge in [0.15, 0.2) is 11.5 Å². The Balaban J connectivity index is 1.61. The molecule has 7 nitrogen and oxygen atoms in total. The maximum atomic E-state index is 10.6. The lowest BCUT2D eigenvalue weighted by Gasteiger charge is -2.36. The van der Waals surface area contributed by atoms with Crippen LogP contribution in [0.25, 0.3) is 0 Å². The Bertz CT molecular complexity index is 812. The monoisotopic (exact) mass is 403 g/mol. The van der Waals surface area contributed by atoms with Gasteiger partial charge in [-0.2, -0.15) is 0 Å². The summed E-state index contributed by atoms with van der Waals surface area (Å²) in [5, 5.41) is 10.6. The second kappa shape index (κ2) is 9.71. The summed E-state index contributed by atoms with van der Waals surface area (Å²) >= 11 is 0. The van der Waals surface area contributed by atoms with E-state index in [9.17, 15) is 5.11 Å². The van der Waals surface area contributed by atoms with Crippen molar-refractivity contribution in [1.29, 1.82) is 0 Å². The molecule has 29 heavy (non-hydrogen) atoms. The zero-order valence-electron chi connectivity index (χ0n) is 17.4. The molecule has 0 unspecified atom stereocenters. The highest BCUT2D eigenvalue weighted by molar-refractivity contribution is 5.45. The number of hydrogen-bond donors (Lipinski definition) is 1. The minimum Gasteiger partial charge on any atom is -0.497 e. The average molecular weight is 403 g/mol. The van der Waals surface area contributed by atoms with E-state index in [1.807, 2.05) is 24.3 Å². The minimum absolute atomic E-state index is 0.276. The van der Waals surface area contributed by atoms with Crippen molar-refractivity contribution < 1.29 is 28.8 Å². The molecule has 1 fully saturated rings. The maximum absolute atomic E-state index is 10.6. The van der Waals surface area contributed by atoms with Gasteiger partial charge in [-0.25, -0.2) is 0 Å². The molecule has 2 atom stereocenters. The summed E-state index contributed by atoms with van der Waals surface area (Å²) in [6, 6.07) is 11.2. The molecule has 2 aromatic rings. The molecule has 1 heterocycles. The van der Waals surface area contributed by atoms with Crippen LogP contribution < -0.4 is 23.7 Å². The Hall–Kier alpha value is -2.64. The zero-order valence-corrected chi connectivity index (χ0v) is 17.4. The number of hydrogen-bond acceptors (Lipinski definition) is 7. The largest absolute Gasteiger partial charge is 0.497 e. The van der Waals surface area contributed by atoms with Gasteiger partial charge in [0.2, 0.25) is 0 Å². The van der Waals surface area contributed by atoms with Crippen molar-refractivity contribution in [2.45, 2.75) is 25.2 Å². The lowest BCUT2D eigenvalue weighted by Crippen LogP contribution is -2.48. The number of benzene rings is 2. The molecule has 1 saturated heterocycles. The normalized spacial score (nSPS) is 19.5. The van der Waals surface area contributed by atoms with E-state index in [2.05, 4.69) is 4.90 Å². The topological polar surface area (TPSA) is 69.6 Å². The van der Waals surface area contributed by atoms with Crippen LogP contribution in [0.3, 0.4) is 0 Å². The van der Waals surface area contributed by atoms with Gasteiger partial charge in [0.25, 0.3) is 0 Å². The zero-order chi connectivity index (χ0) is 20.8. The third kappa shape index (κ3) is 5.05. The van der Waals surface area contributed by atoms with E-state index < -0.39 is 6.10 Å². The molecule has 2 aromatic carbocycles. The summed E-state index contributed by atoms with van der Waals surface area (Å²) in [7, 11) is 6.46. The second-order valence-corrected chi connectivity index (χ2v) is 6.94. The molecular formula is C22H29NO6. The Labute approximate surface area is 171 Å². The third-order valence-electron chi connectivity index (χ3n) is 5.13. The van der Waals surface area contributed by atoms with E-state index in [0.717, 1.165) is 23.6 Å². The summed E-state index contributed by atoms with van der Waals surface area (Å²) in [4.78, 5) is 2.20. The van der Waals surface area contributed by atoms with E-state index in [1.165, 1.54) is 0 Å². The summed E-state index contributed by atoms with van der Waals surface area (Å²) in [5.41, 5.74) is 1.06. The van der Waals surface area contributed by atoms with Crippen LogP contribution in [-0.4, -0.2) is 63.7 Å². The van der Waals surface area contributed by atoms with Gasteiger partial charge in [0.1, 0.15) is 29.5 Å². The van der Waals surface area contributed by atoms with Gasteiger partial charge in [-0.3, -0.25) is 4.90 Å². The van der Waals surface area contributed by atoms with Gasteiger partial charge < -0.3 is 28.8 Å². The first-order chi connectivity index (χ1) is 14.1. The molecule has 0 spiro atoms. The summed E-state index contributed by atoms with van der Waals surface area (Å²) < 4.78 is 27.3. The number of nitrogens with zero attached hydrogens (tertiary/aromatic N) is 1. The van der Waals surface area contributed by atoms with Gasteiger partial charge in [-0.15, -0.1) is 0 Å². The van der Waals surface area contributed by atoms with Crippen LogP contribution in [-0.2, 0) is 6.54 Å². The molecule has 0 amide bonds. The number of likely N-dealkylation sites (tertiary alicyclic amines) is 1. The molecule has 7 heteroatoms. The van der Waals surface area contributed by atoms with E-state index in [4.69, 9.17) is 23.7 Å². The van der Waals surface area contributed by atoms with Gasteiger partial charge in [0, 0.05) is 37.3 Å². The summed E-state index contributed by atoms with van der Waals surface area (Å²) in [5.74, 6) is 3.43. The van der Waals surface area contributed by atoms with Gasteiger partial charge in [-0.1, -0.05) is 6.07 Å². The van der Waals surface area contributed by atoms with Crippen molar-refractivity contribution in [1.82, 2.24) is 4.90 Å². The Morgan fingerprint density at radius 1 is 0.862 bits per heavy atom. The van der Waals surface area contributed by atoms with E-state index >= 15 is 0 Å². The number of aliphatic hydroxyl groups excluding tert-OH is 1. The van der Waals surface area contributed by atoms with Gasteiger partial charge >= 0.3 is 0 Å². The minimum atomic E-state index is -0.596. The second-order valence-electron chi connectivity index (χ2n) is 6.94. The van der Waals surface area contributed by atoms with Crippen LogP contribution in [0.4, 0.5) is 0 Å². The Kier molecular flexibility index (Phi) is 7.06. The molecule has 0 saturated carbocycles. The molecule has 158 valence electrons. The maximum Gasteiger partial charge on any atom is 0.164 e. The van der Waals surface area contributed by atoms with Crippen molar-refractivity contribution in [2.75, 3.05) is 41.5 Å². The van der Waals surface area contributed by atoms with Crippen molar-refractivity contribution in [3.63, 3.8) is 0 Å². The SMILES string of the molecule is COc1ccc(CN2CC[C@@H](Oc3ccc(OC)c(OC)c3)[C@H](O)C2)c(OC)c1. The highest BCUT2D eigenvalue weighted by Crippen LogP contribution is 2.32. The molecule has 1 aliphatic heterocycles. The number of methoxy groups -OCH3 is 4. The first-order valence-electron chi connectivity index (χ1n) is 9.58. The number of ether oxygens (including phenoxy) is 5. The van der Waals surface area contributed by atoms with Gasteiger partial charge in [0.05, 0.1) is 28.4 Å². The van der Waals surface area contributed by atoms with Crippen LogP contribution in [0.5, 0.6) is 28.7 Å². The van der Waals surface area contributed by atoms with E-state index in [-0.39, 0.29) is 6.10 Å². The smallest absolute Gasteiger partial charge is 0.164 e. The number of piperidine rings is 1. The molecular weight excluding hydrogens is 374 g/mol. The Morgan fingerprint density at radius 2 is 1.55 bits per heavy atom. The molecule has 0 radical (unpaired) electrons. The highest BCUT2D eigenvalue weighted by atomic mass is 16.5. The average Bonchev–Trinajstić information content (AvgIpc) is 2.75. The molecule has 0 aliphatic carbocycles. The first-order valence-corrected chi connectivity index (χ1v) is 9.58. The molecule has 3 rings (SSSR count). The lowest BCUT2D eigenvalue weighted by atomic mass is 10.0. The molecule has 1 N–H and O–H groups in total. The van der Waals surface area contributed by atoms with Crippen LogP contribution in [0.2, 0.25) is 0 Å². The molecule has 0 aromatic heterocycles. The fourth-order valence-corrected chi connectivity index (χ4v) is 3.54. The van der Waals surface area contributed by atoms with E-state index in [0.29, 0.717) is 36.8 Å². The third-order valence-corrected chi connectivity index (χ3v) is 5.13. The van der Waals surface area contributed by atoms with E-state index in [1.54, 1.807) is 40.6 Å². The first kappa shape index (κ1) is 21.1. The summed E-state index contributed by atoms with van der Waals surface area (Å²) in [6.45, 7) is 2.02. The van der Waals surface area contributed by atoms with Crippen LogP contribution in [0.1, 0.15) is 12.0 Å². The van der Waals surface area contributed by atoms with Gasteiger partial charge in [-0.05, 0) is 24.6 Å². The predicted octanol–water partition coefficient (Wildman–Crippen LogP) is 2.74. The fraction of sp³-hybridized carbons (Fsp3) is 0.455. The van der Waals surface area contributed by atoms with Crippen LogP contribution in [0, 0.1) is 0 Å². The number of β-amino-alcohol motifs (C(OH)–C–C–N with tert-alkyl or cyclic N) is 1. The van der Waals surface area contributed by atoms with Crippen molar-refractivity contribution >= 4 is 0 Å². The molecule has 0 bridgehead atoms. The predicted molar refractivity (Wildman–Crippen MR) is 109 cm³/mol.